The lowest BCUT2D eigenvalue weighted by atomic mass is 10.1. The van der Waals surface area contributed by atoms with Crippen LogP contribution in [0.2, 0.25) is 0 Å². The molecule has 186 valence electrons. The predicted molar refractivity (Wildman–Crippen MR) is 138 cm³/mol. The van der Waals surface area contributed by atoms with Crippen LogP contribution in [0.5, 0.6) is 0 Å². The third-order valence-corrected chi connectivity index (χ3v) is 7.34. The van der Waals surface area contributed by atoms with Gasteiger partial charge in [0.2, 0.25) is 5.91 Å². The van der Waals surface area contributed by atoms with Gasteiger partial charge in [0.1, 0.15) is 5.82 Å². The van der Waals surface area contributed by atoms with E-state index in [4.69, 9.17) is 5.73 Å². The van der Waals surface area contributed by atoms with Gasteiger partial charge < -0.3 is 16.4 Å². The Bertz CT molecular complexity index is 1470. The topological polar surface area (TPSA) is 106 Å². The lowest BCUT2D eigenvalue weighted by Crippen LogP contribution is -2.37. The van der Waals surface area contributed by atoms with Crippen molar-refractivity contribution in [2.75, 3.05) is 12.4 Å². The molecule has 1 heterocycles. The van der Waals surface area contributed by atoms with Gasteiger partial charge in [-0.05, 0) is 61.0 Å². The average molecular weight is 507 g/mol. The van der Waals surface area contributed by atoms with E-state index in [9.17, 15) is 17.6 Å². The van der Waals surface area contributed by atoms with Gasteiger partial charge >= 0.3 is 0 Å². The van der Waals surface area contributed by atoms with Crippen molar-refractivity contribution in [3.05, 3.63) is 108 Å². The summed E-state index contributed by atoms with van der Waals surface area (Å²) in [5.74, 6) is -0.964. The largest absolute Gasteiger partial charge is 0.325 e. The molecule has 3 aromatic carbocycles. The number of benzene rings is 3. The Hall–Kier alpha value is -3.79. The molecule has 1 amide bonds. The standard InChI is InChI=1S/C27H27FN4O3S/c1-30-17-20-15-26(23-12-5-6-13-24(23)28)32(18-20)36(34,35)22-11-7-10-21(16-22)31-27(33)25(29)14-19-8-3-2-4-9-19/h2-13,15-16,18,25,30H,14,17,29H2,1H3,(H,31,33). The summed E-state index contributed by atoms with van der Waals surface area (Å²) in [5, 5.41) is 5.68. The molecule has 9 heteroatoms. The molecular weight excluding hydrogens is 479 g/mol. The van der Waals surface area contributed by atoms with Crippen molar-refractivity contribution in [1.29, 1.82) is 0 Å². The summed E-state index contributed by atoms with van der Waals surface area (Å²) in [6.07, 6.45) is 1.81. The average Bonchev–Trinajstić information content (AvgIpc) is 3.30. The van der Waals surface area contributed by atoms with Crippen molar-refractivity contribution in [2.45, 2.75) is 23.9 Å². The van der Waals surface area contributed by atoms with Crippen LogP contribution in [0.1, 0.15) is 11.1 Å². The second kappa shape index (κ2) is 10.9. The zero-order valence-corrected chi connectivity index (χ0v) is 20.5. The van der Waals surface area contributed by atoms with E-state index in [1.54, 1.807) is 31.3 Å². The summed E-state index contributed by atoms with van der Waals surface area (Å²) in [4.78, 5) is 12.6. The number of aromatic nitrogens is 1. The summed E-state index contributed by atoms with van der Waals surface area (Å²) in [6.45, 7) is 0.402. The van der Waals surface area contributed by atoms with E-state index in [2.05, 4.69) is 10.6 Å². The third-order valence-electron chi connectivity index (χ3n) is 5.67. The molecule has 36 heavy (non-hydrogen) atoms. The van der Waals surface area contributed by atoms with E-state index in [1.165, 1.54) is 36.5 Å². The molecule has 4 rings (SSSR count). The number of halogens is 1. The summed E-state index contributed by atoms with van der Waals surface area (Å²) < 4.78 is 43.0. The van der Waals surface area contributed by atoms with Crippen LogP contribution in [0.25, 0.3) is 11.3 Å². The molecule has 0 aliphatic rings. The molecule has 4 aromatic rings. The summed E-state index contributed by atoms with van der Waals surface area (Å²) in [7, 11) is -2.38. The van der Waals surface area contributed by atoms with Crippen molar-refractivity contribution in [3.8, 4) is 11.3 Å². The number of nitrogens with two attached hydrogens (primary N) is 1. The molecule has 1 atom stereocenters. The van der Waals surface area contributed by atoms with Crippen molar-refractivity contribution in [2.24, 2.45) is 5.73 Å². The molecule has 7 nitrogen and oxygen atoms in total. The van der Waals surface area contributed by atoms with Gasteiger partial charge in [-0.25, -0.2) is 16.8 Å². The van der Waals surface area contributed by atoms with Crippen LogP contribution >= 0.6 is 0 Å². The first-order valence-electron chi connectivity index (χ1n) is 11.4. The maximum Gasteiger partial charge on any atom is 0.268 e. The van der Waals surface area contributed by atoms with Gasteiger partial charge in [-0.1, -0.05) is 48.5 Å². The number of nitrogens with one attached hydrogen (secondary N) is 2. The first-order valence-corrected chi connectivity index (χ1v) is 12.8. The molecular formula is C27H27FN4O3S. The van der Waals surface area contributed by atoms with Gasteiger partial charge in [0.05, 0.1) is 16.6 Å². The van der Waals surface area contributed by atoms with Crippen LogP contribution in [0, 0.1) is 5.82 Å². The normalized spacial score (nSPS) is 12.3. The van der Waals surface area contributed by atoms with Crippen molar-refractivity contribution < 1.29 is 17.6 Å². The predicted octanol–water partition coefficient (Wildman–Crippen LogP) is 3.76. The third kappa shape index (κ3) is 5.54. The molecule has 0 radical (unpaired) electrons. The number of amides is 1. The van der Waals surface area contributed by atoms with Gasteiger partial charge in [-0.2, -0.15) is 0 Å². The van der Waals surface area contributed by atoms with Crippen LogP contribution in [0.15, 0.2) is 96.0 Å². The highest BCUT2D eigenvalue weighted by molar-refractivity contribution is 7.90. The smallest absolute Gasteiger partial charge is 0.268 e. The Morgan fingerprint density at radius 3 is 2.42 bits per heavy atom. The number of nitrogens with zero attached hydrogens (tertiary/aromatic N) is 1. The van der Waals surface area contributed by atoms with Crippen molar-refractivity contribution in [3.63, 3.8) is 0 Å². The zero-order valence-electron chi connectivity index (χ0n) is 19.7. The lowest BCUT2D eigenvalue weighted by molar-refractivity contribution is -0.117. The fraction of sp³-hybridized carbons (Fsp3) is 0.148. The molecule has 0 spiro atoms. The van der Waals surface area contributed by atoms with E-state index in [0.29, 0.717) is 24.2 Å². The quantitative estimate of drug-likeness (QED) is 0.321. The summed E-state index contributed by atoms with van der Waals surface area (Å²) in [5.41, 5.74) is 8.32. The second-order valence-corrected chi connectivity index (χ2v) is 10.2. The first-order chi connectivity index (χ1) is 17.3. The number of carbonyl (C=O) groups excluding carboxylic acids is 1. The molecule has 1 aromatic heterocycles. The van der Waals surface area contributed by atoms with Crippen LogP contribution in [-0.4, -0.2) is 31.4 Å². The SMILES string of the molecule is CNCc1cc(-c2ccccc2F)n(S(=O)(=O)c2cccc(NC(=O)C(N)Cc3ccccc3)c2)c1. The Labute approximate surface area is 209 Å². The Morgan fingerprint density at radius 1 is 0.972 bits per heavy atom. The van der Waals surface area contributed by atoms with Crippen LogP contribution in [0.4, 0.5) is 10.1 Å². The highest BCUT2D eigenvalue weighted by atomic mass is 32.2. The number of hydrogen-bond donors (Lipinski definition) is 3. The van der Waals surface area contributed by atoms with Crippen LogP contribution < -0.4 is 16.4 Å². The highest BCUT2D eigenvalue weighted by Crippen LogP contribution is 2.29. The Balaban J connectivity index is 1.63. The van der Waals surface area contributed by atoms with Crippen molar-refractivity contribution >= 4 is 21.6 Å². The Morgan fingerprint density at radius 2 is 1.69 bits per heavy atom. The van der Waals surface area contributed by atoms with Gasteiger partial charge in [-0.15, -0.1) is 0 Å². The molecule has 0 saturated heterocycles. The molecule has 1 unspecified atom stereocenters. The lowest BCUT2D eigenvalue weighted by Gasteiger charge is -2.14. The molecule has 0 bridgehead atoms. The number of carbonyl (C=O) groups is 1. The minimum Gasteiger partial charge on any atom is -0.325 e. The van der Waals surface area contributed by atoms with Gasteiger partial charge in [-0.3, -0.25) is 4.79 Å². The van der Waals surface area contributed by atoms with Crippen LogP contribution in [-0.2, 0) is 27.8 Å². The molecule has 0 fully saturated rings. The van der Waals surface area contributed by atoms with Crippen LogP contribution in [0.3, 0.4) is 0 Å². The second-order valence-electron chi connectivity index (χ2n) is 8.36. The number of anilines is 1. The van der Waals surface area contributed by atoms with E-state index in [0.717, 1.165) is 9.54 Å². The number of rotatable bonds is 9. The van der Waals surface area contributed by atoms with E-state index in [-0.39, 0.29) is 16.2 Å². The minimum absolute atomic E-state index is 0.0545. The fourth-order valence-electron chi connectivity index (χ4n) is 3.91. The molecule has 0 saturated carbocycles. The maximum absolute atomic E-state index is 14.6. The summed E-state index contributed by atoms with van der Waals surface area (Å²) >= 11 is 0. The van der Waals surface area contributed by atoms with Gasteiger partial charge in [0.15, 0.2) is 0 Å². The van der Waals surface area contributed by atoms with Crippen molar-refractivity contribution in [1.82, 2.24) is 9.29 Å². The summed E-state index contributed by atoms with van der Waals surface area (Å²) in [6, 6.07) is 22.1. The van der Waals surface area contributed by atoms with E-state index in [1.807, 2.05) is 30.3 Å². The fourth-order valence-corrected chi connectivity index (χ4v) is 5.34. The Kier molecular flexibility index (Phi) is 7.64. The first kappa shape index (κ1) is 25.3. The maximum atomic E-state index is 14.6. The molecule has 4 N–H and O–H groups in total. The number of hydrogen-bond acceptors (Lipinski definition) is 5. The van der Waals surface area contributed by atoms with E-state index >= 15 is 0 Å². The zero-order chi connectivity index (χ0) is 25.7. The van der Waals surface area contributed by atoms with E-state index < -0.39 is 27.8 Å². The molecule has 0 aliphatic carbocycles. The highest BCUT2D eigenvalue weighted by Gasteiger charge is 2.24. The minimum atomic E-state index is -4.12. The van der Waals surface area contributed by atoms with Gasteiger partial charge in [0.25, 0.3) is 10.0 Å². The van der Waals surface area contributed by atoms with Gasteiger partial charge in [0, 0.05) is 24.0 Å². The molecule has 0 aliphatic heterocycles. The monoisotopic (exact) mass is 506 g/mol.